The fourth-order valence-corrected chi connectivity index (χ4v) is 3.69. The highest BCUT2D eigenvalue weighted by Gasteiger charge is 2.17. The van der Waals surface area contributed by atoms with Crippen LogP contribution in [-0.4, -0.2) is 31.8 Å². The summed E-state index contributed by atoms with van der Waals surface area (Å²) in [5.41, 5.74) is 0.728. The lowest BCUT2D eigenvalue weighted by Crippen LogP contribution is -2.26. The van der Waals surface area contributed by atoms with Crippen molar-refractivity contribution in [1.82, 2.24) is 19.1 Å². The fourth-order valence-electron chi connectivity index (χ4n) is 3.69. The van der Waals surface area contributed by atoms with E-state index < -0.39 is 0 Å². The van der Waals surface area contributed by atoms with Crippen molar-refractivity contribution in [1.29, 1.82) is 0 Å². The molecule has 28 heavy (non-hydrogen) atoms. The summed E-state index contributed by atoms with van der Waals surface area (Å²) in [6.45, 7) is 1.26. The molecule has 1 aliphatic rings. The molecule has 1 aliphatic heterocycles. The molecule has 7 nitrogen and oxygen atoms in total. The molecule has 140 valence electrons. The van der Waals surface area contributed by atoms with E-state index in [1.807, 2.05) is 12.1 Å². The van der Waals surface area contributed by atoms with E-state index in [0.29, 0.717) is 34.2 Å². The van der Waals surface area contributed by atoms with Gasteiger partial charge in [0.05, 0.1) is 34.5 Å². The minimum absolute atomic E-state index is 0.0601. The van der Waals surface area contributed by atoms with Crippen LogP contribution in [0.4, 0.5) is 0 Å². The van der Waals surface area contributed by atoms with Gasteiger partial charge in [-0.25, -0.2) is 9.97 Å². The lowest BCUT2D eigenvalue weighted by molar-refractivity contribution is 0.0963. The van der Waals surface area contributed by atoms with Gasteiger partial charge in [-0.05, 0) is 43.2 Å². The molecule has 0 spiro atoms. The third-order valence-corrected chi connectivity index (χ3v) is 5.14. The van der Waals surface area contributed by atoms with Crippen molar-refractivity contribution in [3.63, 3.8) is 0 Å². The van der Waals surface area contributed by atoms with Gasteiger partial charge in [-0.3, -0.25) is 14.2 Å². The number of ether oxygens (including phenoxy) is 1. The van der Waals surface area contributed by atoms with E-state index in [0.717, 1.165) is 19.4 Å². The number of fused-ring (bicyclic) bond motifs is 2. The van der Waals surface area contributed by atoms with E-state index >= 15 is 0 Å². The SMILES string of the molecule is O=c1c2cc3c(=O)n(-c4ccccn4)ccc3nc2ccn1C[C@H]1CCCO1. The van der Waals surface area contributed by atoms with Crippen LogP contribution in [0.1, 0.15) is 12.8 Å². The van der Waals surface area contributed by atoms with Crippen molar-refractivity contribution in [2.75, 3.05) is 6.61 Å². The number of hydrogen-bond acceptors (Lipinski definition) is 5. The molecule has 0 bridgehead atoms. The van der Waals surface area contributed by atoms with Gasteiger partial charge in [0.25, 0.3) is 11.1 Å². The zero-order valence-electron chi connectivity index (χ0n) is 15.1. The zero-order chi connectivity index (χ0) is 19.1. The van der Waals surface area contributed by atoms with Crippen LogP contribution in [0.15, 0.2) is 64.6 Å². The summed E-state index contributed by atoms with van der Waals surface area (Å²) >= 11 is 0. The summed E-state index contributed by atoms with van der Waals surface area (Å²) in [6.07, 6.45) is 7.07. The summed E-state index contributed by atoms with van der Waals surface area (Å²) in [5, 5.41) is 0.830. The van der Waals surface area contributed by atoms with Gasteiger partial charge in [0.2, 0.25) is 0 Å². The zero-order valence-corrected chi connectivity index (χ0v) is 15.1. The maximum Gasteiger partial charge on any atom is 0.265 e. The van der Waals surface area contributed by atoms with Gasteiger partial charge in [0.15, 0.2) is 0 Å². The molecule has 4 aromatic heterocycles. The summed E-state index contributed by atoms with van der Waals surface area (Å²) in [4.78, 5) is 34.7. The Morgan fingerprint density at radius 1 is 1.04 bits per heavy atom. The van der Waals surface area contributed by atoms with Crippen LogP contribution in [0.5, 0.6) is 0 Å². The first-order valence-electron chi connectivity index (χ1n) is 9.29. The third-order valence-electron chi connectivity index (χ3n) is 5.14. The highest BCUT2D eigenvalue weighted by molar-refractivity contribution is 5.91. The second kappa shape index (κ2) is 6.69. The molecule has 5 rings (SSSR count). The first-order chi connectivity index (χ1) is 13.7. The van der Waals surface area contributed by atoms with Crippen molar-refractivity contribution in [3.05, 3.63) is 75.7 Å². The molecule has 0 saturated carbocycles. The Balaban J connectivity index is 1.68. The molecule has 1 atom stereocenters. The molecule has 0 radical (unpaired) electrons. The monoisotopic (exact) mass is 374 g/mol. The smallest absolute Gasteiger partial charge is 0.265 e. The minimum Gasteiger partial charge on any atom is -0.376 e. The summed E-state index contributed by atoms with van der Waals surface area (Å²) < 4.78 is 8.75. The summed E-state index contributed by atoms with van der Waals surface area (Å²) in [7, 11) is 0. The second-order valence-electron chi connectivity index (χ2n) is 6.94. The first-order valence-corrected chi connectivity index (χ1v) is 9.29. The van der Waals surface area contributed by atoms with Gasteiger partial charge in [-0.15, -0.1) is 0 Å². The average molecular weight is 374 g/mol. The maximum absolute atomic E-state index is 13.0. The van der Waals surface area contributed by atoms with Crippen LogP contribution in [0, 0.1) is 0 Å². The Bertz CT molecular complexity index is 1290. The standard InChI is InChI=1S/C21H18N4O3/c26-20-15-12-16-18(7-10-25(21(16)27)19-5-1-2-8-22-19)23-17(15)6-9-24(20)13-14-4-3-11-28-14/h1-2,5-10,12,14H,3-4,11,13H2/t14-/m1/s1. The highest BCUT2D eigenvalue weighted by atomic mass is 16.5. The molecule has 0 aliphatic carbocycles. The second-order valence-corrected chi connectivity index (χ2v) is 6.94. The van der Waals surface area contributed by atoms with Crippen LogP contribution in [-0.2, 0) is 11.3 Å². The molecular weight excluding hydrogens is 356 g/mol. The number of rotatable bonds is 3. The quantitative estimate of drug-likeness (QED) is 0.514. The molecule has 0 amide bonds. The Morgan fingerprint density at radius 2 is 1.86 bits per heavy atom. The predicted octanol–water partition coefficient (Wildman–Crippen LogP) is 2.27. The molecule has 1 fully saturated rings. The van der Waals surface area contributed by atoms with Gasteiger partial charge < -0.3 is 9.30 Å². The van der Waals surface area contributed by atoms with E-state index in [-0.39, 0.29) is 17.2 Å². The van der Waals surface area contributed by atoms with Crippen molar-refractivity contribution in [2.24, 2.45) is 0 Å². The number of aromatic nitrogens is 4. The summed E-state index contributed by atoms with van der Waals surface area (Å²) in [5.74, 6) is 0.526. The van der Waals surface area contributed by atoms with Gasteiger partial charge in [-0.2, -0.15) is 0 Å². The highest BCUT2D eigenvalue weighted by Crippen LogP contribution is 2.17. The van der Waals surface area contributed by atoms with Crippen molar-refractivity contribution in [2.45, 2.75) is 25.5 Å². The fraction of sp³-hybridized carbons (Fsp3) is 0.238. The minimum atomic E-state index is -0.250. The topological polar surface area (TPSA) is 79.0 Å². The van der Waals surface area contributed by atoms with Crippen LogP contribution in [0.2, 0.25) is 0 Å². The Kier molecular flexibility index (Phi) is 4.02. The number of nitrogens with zero attached hydrogens (tertiary/aromatic N) is 4. The van der Waals surface area contributed by atoms with E-state index in [9.17, 15) is 9.59 Å². The van der Waals surface area contributed by atoms with E-state index in [4.69, 9.17) is 4.74 Å². The van der Waals surface area contributed by atoms with Gasteiger partial charge in [0.1, 0.15) is 5.82 Å². The molecule has 4 aromatic rings. The molecule has 0 aromatic carbocycles. The lowest BCUT2D eigenvalue weighted by atomic mass is 10.2. The molecular formula is C21H18N4O3. The normalized spacial score (nSPS) is 16.8. The predicted molar refractivity (Wildman–Crippen MR) is 106 cm³/mol. The van der Waals surface area contributed by atoms with Crippen molar-refractivity contribution < 1.29 is 4.74 Å². The molecule has 1 saturated heterocycles. The first kappa shape index (κ1) is 16.8. The van der Waals surface area contributed by atoms with E-state index in [2.05, 4.69) is 9.97 Å². The average Bonchev–Trinajstić information content (AvgIpc) is 3.24. The van der Waals surface area contributed by atoms with Gasteiger partial charge in [0, 0.05) is 25.2 Å². The van der Waals surface area contributed by atoms with Crippen LogP contribution >= 0.6 is 0 Å². The van der Waals surface area contributed by atoms with Crippen LogP contribution in [0.25, 0.3) is 27.6 Å². The van der Waals surface area contributed by atoms with E-state index in [1.165, 1.54) is 4.57 Å². The Morgan fingerprint density at radius 3 is 2.61 bits per heavy atom. The van der Waals surface area contributed by atoms with Gasteiger partial charge >= 0.3 is 0 Å². The molecule has 0 N–H and O–H groups in total. The summed E-state index contributed by atoms with van der Waals surface area (Å²) in [6, 6.07) is 10.6. The largest absolute Gasteiger partial charge is 0.376 e. The van der Waals surface area contributed by atoms with Gasteiger partial charge in [-0.1, -0.05) is 6.07 Å². The van der Waals surface area contributed by atoms with E-state index in [1.54, 1.807) is 47.4 Å². The van der Waals surface area contributed by atoms with Crippen molar-refractivity contribution >= 4 is 21.8 Å². The van der Waals surface area contributed by atoms with Crippen LogP contribution < -0.4 is 11.1 Å². The molecule has 7 heteroatoms. The Labute approximate surface area is 159 Å². The maximum atomic E-state index is 13.0. The molecule has 0 unspecified atom stereocenters. The van der Waals surface area contributed by atoms with Crippen LogP contribution in [0.3, 0.4) is 0 Å². The Hall–Kier alpha value is -3.32. The number of hydrogen-bond donors (Lipinski definition) is 0. The third kappa shape index (κ3) is 2.80. The lowest BCUT2D eigenvalue weighted by Gasteiger charge is -2.12. The number of pyridine rings is 4. The molecule has 5 heterocycles. The van der Waals surface area contributed by atoms with Crippen molar-refractivity contribution in [3.8, 4) is 5.82 Å².